The minimum atomic E-state index is -3.57. The van der Waals surface area contributed by atoms with Crippen molar-refractivity contribution < 1.29 is 67.3 Å². The van der Waals surface area contributed by atoms with Gasteiger partial charge in [0.2, 0.25) is 0 Å². The van der Waals surface area contributed by atoms with Gasteiger partial charge in [0.1, 0.15) is 0 Å². The lowest BCUT2D eigenvalue weighted by atomic mass is 10.4. The molecular weight excluding hydrogens is 897 g/mol. The van der Waals surface area contributed by atoms with Crippen molar-refractivity contribution in [3.63, 3.8) is 0 Å². The Morgan fingerprint density at radius 2 is 0.286 bits per heavy atom. The molecule has 16 nitrogen and oxygen atoms in total. The molecule has 0 saturated carbocycles. The molecular formula is C32H72O16S8. The molecule has 0 saturated heterocycles. The maximum absolute atomic E-state index is 11.7. The van der Waals surface area contributed by atoms with Crippen LogP contribution in [0, 0.1) is 0 Å². The molecule has 0 fully saturated rings. The van der Waals surface area contributed by atoms with E-state index in [1.54, 1.807) is 27.7 Å². The molecule has 0 radical (unpaired) electrons. The second-order valence-corrected chi connectivity index (χ2v) is 35.9. The van der Waals surface area contributed by atoms with E-state index in [0.29, 0.717) is 0 Å². The third kappa shape index (κ3) is 12.8. The van der Waals surface area contributed by atoms with Crippen LogP contribution in [0.25, 0.3) is 0 Å². The van der Waals surface area contributed by atoms with Gasteiger partial charge < -0.3 is 0 Å². The van der Waals surface area contributed by atoms with Gasteiger partial charge in [0.25, 0.3) is 0 Å². The van der Waals surface area contributed by atoms with E-state index in [9.17, 15) is 67.3 Å². The third-order valence-electron chi connectivity index (χ3n) is 10.9. The molecule has 0 aromatic rings. The molecule has 0 aromatic carbocycles. The minimum Gasteiger partial charge on any atom is -0.227 e. The third-order valence-corrected chi connectivity index (χ3v) is 35.9. The van der Waals surface area contributed by atoms with E-state index < -0.39 is 95.0 Å². The summed E-state index contributed by atoms with van der Waals surface area (Å²) < 4.78 is 180. The smallest absolute Gasteiger partial charge is 0.170 e. The Hall–Kier alpha value is -0.400. The van der Waals surface area contributed by atoms with Crippen LogP contribution in [0.3, 0.4) is 0 Å². The normalized spacial score (nSPS) is 14.3. The van der Waals surface area contributed by atoms with Gasteiger partial charge >= 0.3 is 0 Å². The first-order chi connectivity index (χ1) is 24.7. The van der Waals surface area contributed by atoms with Crippen molar-refractivity contribution in [3.05, 3.63) is 0 Å². The first kappa shape index (κ1) is 62.3. The molecule has 0 heterocycles. The average Bonchev–Trinajstić information content (AvgIpc) is 3.16. The summed E-state index contributed by atoms with van der Waals surface area (Å²) in [7, 11) is -28.5. The predicted octanol–water partition coefficient (Wildman–Crippen LogP) is 3.93. The molecule has 0 aliphatic heterocycles. The monoisotopic (exact) mass is 968 g/mol. The summed E-state index contributed by atoms with van der Waals surface area (Å²) in [4.78, 5) is 0. The van der Waals surface area contributed by atoms with Crippen LogP contribution < -0.4 is 0 Å². The van der Waals surface area contributed by atoms with E-state index in [4.69, 9.17) is 0 Å². The van der Waals surface area contributed by atoms with Gasteiger partial charge in [0.05, 0.1) is 0 Å². The molecule has 0 rings (SSSR count). The van der Waals surface area contributed by atoms with Crippen molar-refractivity contribution in [2.45, 2.75) is 153 Å². The molecule has 344 valence electrons. The highest BCUT2D eigenvalue weighted by Crippen LogP contribution is 2.32. The number of sulfone groups is 8. The zero-order valence-electron chi connectivity index (χ0n) is 36.3. The summed E-state index contributed by atoms with van der Waals surface area (Å²) in [6.07, 6.45) is 0.386. The quantitative estimate of drug-likeness (QED) is 0.167. The fourth-order valence-electron chi connectivity index (χ4n) is 4.98. The van der Waals surface area contributed by atoms with Gasteiger partial charge in [-0.2, -0.15) is 0 Å². The first-order valence-corrected chi connectivity index (χ1v) is 31.7. The molecule has 0 amide bonds. The second kappa shape index (κ2) is 22.4. The van der Waals surface area contributed by atoms with Gasteiger partial charge in [-0.1, -0.05) is 83.1 Å². The summed E-state index contributed by atoms with van der Waals surface area (Å²) in [5.74, 6) is -1.14. The standard InChI is InChI=1S/4C8H18O4S2/c4*1-5-8(4,13(9,10)6-2)14(11,12)7-3/h4*5-7H2,1-4H3. The van der Waals surface area contributed by atoms with Crippen molar-refractivity contribution >= 4 is 78.7 Å². The van der Waals surface area contributed by atoms with Gasteiger partial charge in [-0.05, 0) is 53.4 Å². The van der Waals surface area contributed by atoms with E-state index in [2.05, 4.69) is 0 Å². The molecule has 0 aliphatic rings. The van der Waals surface area contributed by atoms with Crippen molar-refractivity contribution in [2.24, 2.45) is 0 Å². The van der Waals surface area contributed by atoms with E-state index in [0.717, 1.165) is 0 Å². The number of hydrogen-bond acceptors (Lipinski definition) is 16. The highest BCUT2D eigenvalue weighted by Gasteiger charge is 2.49. The molecule has 0 bridgehead atoms. The lowest BCUT2D eigenvalue weighted by Gasteiger charge is -2.26. The zero-order valence-corrected chi connectivity index (χ0v) is 42.8. The lowest BCUT2D eigenvalue weighted by molar-refractivity contribution is 0.541. The summed E-state index contributed by atoms with van der Waals surface area (Å²) >= 11 is 0. The molecule has 0 N–H and O–H groups in total. The van der Waals surface area contributed by atoms with Gasteiger partial charge in [-0.3, -0.25) is 0 Å². The number of rotatable bonds is 20. The van der Waals surface area contributed by atoms with Crippen LogP contribution >= 0.6 is 0 Å². The van der Waals surface area contributed by atoms with Crippen molar-refractivity contribution in [1.29, 1.82) is 0 Å². The molecule has 0 unspecified atom stereocenters. The molecule has 24 heteroatoms. The molecule has 0 aliphatic carbocycles. The Morgan fingerprint density at radius 1 is 0.214 bits per heavy atom. The maximum Gasteiger partial charge on any atom is 0.170 e. The van der Waals surface area contributed by atoms with Gasteiger partial charge in [0.15, 0.2) is 95.0 Å². The van der Waals surface area contributed by atoms with Crippen LogP contribution in [0.2, 0.25) is 0 Å². The molecule has 56 heavy (non-hydrogen) atoms. The van der Waals surface area contributed by atoms with E-state index >= 15 is 0 Å². The summed E-state index contributed by atoms with van der Waals surface area (Å²) in [6.45, 7) is 23.3. The van der Waals surface area contributed by atoms with Crippen molar-refractivity contribution in [3.8, 4) is 0 Å². The van der Waals surface area contributed by atoms with Gasteiger partial charge in [0, 0.05) is 46.0 Å². The minimum absolute atomic E-state index is 0.0966. The van der Waals surface area contributed by atoms with Crippen LogP contribution in [0.4, 0.5) is 0 Å². The lowest BCUT2D eigenvalue weighted by Crippen LogP contribution is -2.44. The van der Waals surface area contributed by atoms with Crippen LogP contribution in [-0.2, 0) is 78.7 Å². The van der Waals surface area contributed by atoms with Crippen LogP contribution in [0.5, 0.6) is 0 Å². The Labute approximate surface area is 342 Å². The van der Waals surface area contributed by atoms with Crippen molar-refractivity contribution in [1.82, 2.24) is 0 Å². The second-order valence-electron chi connectivity index (χ2n) is 13.2. The Balaban J connectivity index is -0.000000322. The van der Waals surface area contributed by atoms with Crippen LogP contribution in [0.1, 0.15) is 136 Å². The first-order valence-electron chi connectivity index (χ1n) is 18.5. The SMILES string of the molecule is CCC(C)(S(=O)(=O)CC)S(=O)(=O)CC.CCC(C)(S(=O)(=O)CC)S(=O)(=O)CC.CCC(C)(S(=O)(=O)CC)S(=O)(=O)CC.CCC(C)(S(=O)(=O)CC)S(=O)(=O)CC. The van der Waals surface area contributed by atoms with E-state index in [1.807, 2.05) is 0 Å². The highest BCUT2D eigenvalue weighted by atomic mass is 32.3. The van der Waals surface area contributed by atoms with Crippen molar-refractivity contribution in [2.75, 3.05) is 46.0 Å². The summed E-state index contributed by atoms with van der Waals surface area (Å²) in [6, 6.07) is 0. The van der Waals surface area contributed by atoms with Gasteiger partial charge in [-0.15, -0.1) is 0 Å². The maximum atomic E-state index is 11.7. The fraction of sp³-hybridized carbons (Fsp3) is 1.00. The van der Waals surface area contributed by atoms with E-state index in [1.165, 1.54) is 83.1 Å². The average molecular weight is 969 g/mol. The Kier molecular flexibility index (Phi) is 25.0. The molecule has 0 aromatic heterocycles. The molecule has 0 spiro atoms. The highest BCUT2D eigenvalue weighted by molar-refractivity contribution is 8.11. The Morgan fingerprint density at radius 3 is 0.321 bits per heavy atom. The van der Waals surface area contributed by atoms with E-state index in [-0.39, 0.29) is 71.7 Å². The number of hydrogen-bond donors (Lipinski definition) is 0. The summed E-state index contributed by atoms with van der Waals surface area (Å²) in [5, 5.41) is 0. The van der Waals surface area contributed by atoms with Crippen LogP contribution in [-0.4, -0.2) is 130 Å². The zero-order chi connectivity index (χ0) is 46.5. The fourth-order valence-corrected chi connectivity index (χ4v) is 22.4. The predicted molar refractivity (Wildman–Crippen MR) is 230 cm³/mol. The van der Waals surface area contributed by atoms with Crippen LogP contribution in [0.15, 0.2) is 0 Å². The summed E-state index contributed by atoms with van der Waals surface area (Å²) in [5.41, 5.74) is 0. The van der Waals surface area contributed by atoms with Gasteiger partial charge in [-0.25, -0.2) is 67.3 Å². The Bertz CT molecular complexity index is 1690. The largest absolute Gasteiger partial charge is 0.227 e. The topological polar surface area (TPSA) is 273 Å². The molecule has 0 atom stereocenters.